The first-order valence-corrected chi connectivity index (χ1v) is 5.94. The van der Waals surface area contributed by atoms with E-state index in [4.69, 9.17) is 0 Å². The van der Waals surface area contributed by atoms with Crippen LogP contribution in [-0.4, -0.2) is 22.7 Å². The molecule has 1 aliphatic carbocycles. The summed E-state index contributed by atoms with van der Waals surface area (Å²) in [6, 6.07) is 4.97. The summed E-state index contributed by atoms with van der Waals surface area (Å²) in [5, 5.41) is 2.76. The van der Waals surface area contributed by atoms with Gasteiger partial charge in [0.1, 0.15) is 5.69 Å². The molecule has 0 aromatic carbocycles. The number of aromatic nitrogens is 1. The molecule has 0 aliphatic heterocycles. The predicted molar refractivity (Wildman–Crippen MR) is 63.7 cm³/mol. The summed E-state index contributed by atoms with van der Waals surface area (Å²) in [5.74, 6) is -0.119. The summed E-state index contributed by atoms with van der Waals surface area (Å²) < 4.78 is 0. The van der Waals surface area contributed by atoms with E-state index in [9.17, 15) is 9.59 Å². The van der Waals surface area contributed by atoms with Gasteiger partial charge < -0.3 is 5.32 Å². The predicted octanol–water partition coefficient (Wildman–Crippen LogP) is 1.63. The number of ketones is 1. The summed E-state index contributed by atoms with van der Waals surface area (Å²) in [4.78, 5) is 27.6. The van der Waals surface area contributed by atoms with Crippen LogP contribution in [0.1, 0.15) is 41.9 Å². The number of hydrogen-bond acceptors (Lipinski definition) is 3. The molecule has 0 bridgehead atoms. The van der Waals surface area contributed by atoms with Crippen molar-refractivity contribution in [2.75, 3.05) is 0 Å². The average Bonchev–Trinajstić information content (AvgIpc) is 2.32. The number of rotatable bonds is 2. The van der Waals surface area contributed by atoms with Crippen molar-refractivity contribution in [2.45, 2.75) is 38.6 Å². The highest BCUT2D eigenvalue weighted by Crippen LogP contribution is 2.14. The van der Waals surface area contributed by atoms with Crippen LogP contribution in [0.4, 0.5) is 0 Å². The standard InChI is InChI=1S/C13H16N2O2/c1-9-5-4-7-11(14-9)13(17)15-10-6-2-3-8-12(10)16/h4-5,7,10H,2-3,6,8H2,1H3,(H,15,17)/t10-/m0/s1. The molecule has 17 heavy (non-hydrogen) atoms. The third kappa shape index (κ3) is 2.90. The Balaban J connectivity index is 2.03. The lowest BCUT2D eigenvalue weighted by Crippen LogP contribution is -2.42. The second kappa shape index (κ2) is 5.08. The van der Waals surface area contributed by atoms with Crippen molar-refractivity contribution in [2.24, 2.45) is 0 Å². The summed E-state index contributed by atoms with van der Waals surface area (Å²) in [6.07, 6.45) is 3.26. The first kappa shape index (κ1) is 11.8. The van der Waals surface area contributed by atoms with E-state index in [1.807, 2.05) is 13.0 Å². The van der Waals surface area contributed by atoms with E-state index in [0.29, 0.717) is 12.1 Å². The minimum Gasteiger partial charge on any atom is -0.341 e. The van der Waals surface area contributed by atoms with Crippen LogP contribution < -0.4 is 5.32 Å². The fraction of sp³-hybridized carbons (Fsp3) is 0.462. The molecule has 1 atom stereocenters. The molecule has 1 fully saturated rings. The minimum absolute atomic E-state index is 0.136. The Morgan fingerprint density at radius 2 is 2.24 bits per heavy atom. The molecule has 1 N–H and O–H groups in total. The Morgan fingerprint density at radius 3 is 2.94 bits per heavy atom. The van der Waals surface area contributed by atoms with Crippen LogP contribution in [0.5, 0.6) is 0 Å². The molecule has 0 spiro atoms. The summed E-state index contributed by atoms with van der Waals surface area (Å²) in [6.45, 7) is 1.84. The smallest absolute Gasteiger partial charge is 0.270 e. The number of amides is 1. The van der Waals surface area contributed by atoms with E-state index in [1.54, 1.807) is 12.1 Å². The van der Waals surface area contributed by atoms with Gasteiger partial charge in [-0.05, 0) is 31.9 Å². The van der Waals surface area contributed by atoms with E-state index in [0.717, 1.165) is 25.0 Å². The summed E-state index contributed by atoms with van der Waals surface area (Å²) >= 11 is 0. The van der Waals surface area contributed by atoms with Gasteiger partial charge in [0, 0.05) is 12.1 Å². The van der Waals surface area contributed by atoms with Crippen molar-refractivity contribution in [1.82, 2.24) is 10.3 Å². The topological polar surface area (TPSA) is 59.1 Å². The monoisotopic (exact) mass is 232 g/mol. The van der Waals surface area contributed by atoms with Crippen LogP contribution in [0.2, 0.25) is 0 Å². The lowest BCUT2D eigenvalue weighted by atomic mass is 9.94. The molecule has 1 aromatic rings. The molecule has 0 saturated heterocycles. The van der Waals surface area contributed by atoms with E-state index < -0.39 is 0 Å². The number of nitrogens with zero attached hydrogens (tertiary/aromatic N) is 1. The Hall–Kier alpha value is -1.71. The third-order valence-electron chi connectivity index (χ3n) is 2.98. The first-order valence-electron chi connectivity index (χ1n) is 5.94. The Kier molecular flexibility index (Phi) is 3.52. The average molecular weight is 232 g/mol. The van der Waals surface area contributed by atoms with E-state index >= 15 is 0 Å². The van der Waals surface area contributed by atoms with E-state index in [-0.39, 0.29) is 17.7 Å². The maximum atomic E-state index is 11.9. The molecule has 4 heteroatoms. The highest BCUT2D eigenvalue weighted by atomic mass is 16.2. The molecule has 0 radical (unpaired) electrons. The van der Waals surface area contributed by atoms with Crippen LogP contribution in [-0.2, 0) is 4.79 Å². The summed E-state index contributed by atoms with van der Waals surface area (Å²) in [7, 11) is 0. The second-order valence-corrected chi connectivity index (χ2v) is 4.40. The molecule has 1 aromatic heterocycles. The third-order valence-corrected chi connectivity index (χ3v) is 2.98. The lowest BCUT2D eigenvalue weighted by Gasteiger charge is -2.21. The molecule has 0 unspecified atom stereocenters. The van der Waals surface area contributed by atoms with Crippen molar-refractivity contribution in [3.8, 4) is 0 Å². The van der Waals surface area contributed by atoms with Gasteiger partial charge >= 0.3 is 0 Å². The zero-order valence-electron chi connectivity index (χ0n) is 9.90. The molecule has 1 aliphatic rings. The molecule has 1 heterocycles. The van der Waals surface area contributed by atoms with Crippen LogP contribution in [0, 0.1) is 6.92 Å². The van der Waals surface area contributed by atoms with E-state index in [1.165, 1.54) is 0 Å². The normalized spacial score (nSPS) is 20.1. The second-order valence-electron chi connectivity index (χ2n) is 4.40. The zero-order chi connectivity index (χ0) is 12.3. The lowest BCUT2D eigenvalue weighted by molar-refractivity contribution is -0.122. The van der Waals surface area contributed by atoms with Gasteiger partial charge in [0.05, 0.1) is 6.04 Å². The Bertz CT molecular complexity index is 443. The van der Waals surface area contributed by atoms with Gasteiger partial charge in [-0.2, -0.15) is 0 Å². The summed E-state index contributed by atoms with van der Waals surface area (Å²) in [5.41, 5.74) is 1.18. The van der Waals surface area contributed by atoms with Crippen molar-refractivity contribution < 1.29 is 9.59 Å². The molecule has 4 nitrogen and oxygen atoms in total. The van der Waals surface area contributed by atoms with Gasteiger partial charge in [-0.1, -0.05) is 12.5 Å². The van der Waals surface area contributed by atoms with Crippen LogP contribution >= 0.6 is 0 Å². The number of carbonyl (C=O) groups excluding carboxylic acids is 2. The fourth-order valence-electron chi connectivity index (χ4n) is 2.04. The quantitative estimate of drug-likeness (QED) is 0.843. The first-order chi connectivity index (χ1) is 8.16. The number of Topliss-reactive ketones (excluding diaryl/α,β-unsaturated/α-hetero) is 1. The van der Waals surface area contributed by atoms with Gasteiger partial charge in [-0.15, -0.1) is 0 Å². The fourth-order valence-corrected chi connectivity index (χ4v) is 2.04. The maximum Gasteiger partial charge on any atom is 0.270 e. The van der Waals surface area contributed by atoms with Crippen LogP contribution in [0.3, 0.4) is 0 Å². The van der Waals surface area contributed by atoms with E-state index in [2.05, 4.69) is 10.3 Å². The zero-order valence-corrected chi connectivity index (χ0v) is 9.90. The molecule has 1 amide bonds. The van der Waals surface area contributed by atoms with Gasteiger partial charge in [-0.25, -0.2) is 4.98 Å². The highest BCUT2D eigenvalue weighted by molar-refractivity contribution is 5.96. The Labute approximate surface area is 100 Å². The van der Waals surface area contributed by atoms with Gasteiger partial charge in [0.2, 0.25) is 0 Å². The van der Waals surface area contributed by atoms with Crippen molar-refractivity contribution in [1.29, 1.82) is 0 Å². The molecular formula is C13H16N2O2. The van der Waals surface area contributed by atoms with Crippen molar-refractivity contribution in [3.63, 3.8) is 0 Å². The molecule has 90 valence electrons. The van der Waals surface area contributed by atoms with Gasteiger partial charge in [0.15, 0.2) is 5.78 Å². The molecular weight excluding hydrogens is 216 g/mol. The number of aryl methyl sites for hydroxylation is 1. The number of pyridine rings is 1. The van der Waals surface area contributed by atoms with Gasteiger partial charge in [-0.3, -0.25) is 9.59 Å². The number of carbonyl (C=O) groups is 2. The van der Waals surface area contributed by atoms with Crippen molar-refractivity contribution >= 4 is 11.7 Å². The van der Waals surface area contributed by atoms with Crippen LogP contribution in [0.25, 0.3) is 0 Å². The van der Waals surface area contributed by atoms with Crippen LogP contribution in [0.15, 0.2) is 18.2 Å². The Morgan fingerprint density at radius 1 is 1.41 bits per heavy atom. The van der Waals surface area contributed by atoms with Crippen molar-refractivity contribution in [3.05, 3.63) is 29.6 Å². The largest absolute Gasteiger partial charge is 0.341 e. The molecule has 2 rings (SSSR count). The minimum atomic E-state index is -0.321. The number of nitrogens with one attached hydrogen (secondary N) is 1. The van der Waals surface area contributed by atoms with Gasteiger partial charge in [0.25, 0.3) is 5.91 Å². The maximum absolute atomic E-state index is 11.9. The number of hydrogen-bond donors (Lipinski definition) is 1. The SMILES string of the molecule is Cc1cccc(C(=O)N[C@H]2CCCCC2=O)n1. The highest BCUT2D eigenvalue weighted by Gasteiger charge is 2.24. The molecule has 1 saturated carbocycles.